The van der Waals surface area contributed by atoms with Crippen LogP contribution >= 0.6 is 0 Å². The first-order chi connectivity index (χ1) is 24.2. The lowest BCUT2D eigenvalue weighted by molar-refractivity contribution is 0.128. The summed E-state index contributed by atoms with van der Waals surface area (Å²) in [6.07, 6.45) is 3.86. The number of aryl methyl sites for hydroxylation is 1. The van der Waals surface area contributed by atoms with Crippen molar-refractivity contribution in [3.63, 3.8) is 0 Å². The maximum atomic E-state index is 13.5. The van der Waals surface area contributed by atoms with Crippen LogP contribution in [0.15, 0.2) is 128 Å². The maximum absolute atomic E-state index is 13.5. The van der Waals surface area contributed by atoms with E-state index in [1.54, 1.807) is 4.80 Å². The Hall–Kier alpha value is -5.63. The highest BCUT2D eigenvalue weighted by atomic mass is 16.2. The topological polar surface area (TPSA) is 88.8 Å². The van der Waals surface area contributed by atoms with Gasteiger partial charge in [-0.05, 0) is 76.8 Å². The van der Waals surface area contributed by atoms with Crippen molar-refractivity contribution in [1.82, 2.24) is 30.1 Å². The highest BCUT2D eigenvalue weighted by Crippen LogP contribution is 2.41. The Morgan fingerprint density at radius 2 is 1.32 bits per heavy atom. The fourth-order valence-electron chi connectivity index (χ4n) is 7.19. The van der Waals surface area contributed by atoms with Gasteiger partial charge in [0.05, 0.1) is 0 Å². The fourth-order valence-corrected chi connectivity index (χ4v) is 7.19. The molecular weight excluding hydrogens is 619 g/mol. The van der Waals surface area contributed by atoms with Gasteiger partial charge < -0.3 is 10.2 Å². The fraction of sp³-hybridized carbons (Fsp3) is 0.262. The standard InChI is InChI=1S/C42H43N7O/c1-30-20-21-31(29-43-30)37-23-22-36(44-40(50)48-26-24-32(25-27-48)41(2,3)4)28-38(37)39-45-47-49(46-39)42(33-14-8-5-9-15-33,34-16-10-6-11-17-34)35-18-12-7-13-19-35/h5-23,28-29,32H,24-27H2,1-4H3,(H,44,50). The number of tetrazole rings is 1. The molecule has 2 aromatic heterocycles. The lowest BCUT2D eigenvalue weighted by atomic mass is 9.75. The van der Waals surface area contributed by atoms with Gasteiger partial charge in [-0.3, -0.25) is 4.98 Å². The summed E-state index contributed by atoms with van der Waals surface area (Å²) >= 11 is 0. The quantitative estimate of drug-likeness (QED) is 0.173. The highest BCUT2D eigenvalue weighted by Gasteiger charge is 2.41. The van der Waals surface area contributed by atoms with Gasteiger partial charge in [0.25, 0.3) is 0 Å². The molecule has 50 heavy (non-hydrogen) atoms. The van der Waals surface area contributed by atoms with E-state index in [1.807, 2.05) is 103 Å². The third kappa shape index (κ3) is 6.41. The van der Waals surface area contributed by atoms with Crippen molar-refractivity contribution in [2.45, 2.75) is 46.1 Å². The number of aromatic nitrogens is 5. The number of hydrogen-bond donors (Lipinski definition) is 1. The largest absolute Gasteiger partial charge is 0.325 e. The van der Waals surface area contributed by atoms with Crippen molar-refractivity contribution in [1.29, 1.82) is 0 Å². The van der Waals surface area contributed by atoms with Gasteiger partial charge in [0.2, 0.25) is 5.82 Å². The van der Waals surface area contributed by atoms with Gasteiger partial charge in [0.1, 0.15) is 0 Å². The van der Waals surface area contributed by atoms with E-state index in [9.17, 15) is 4.79 Å². The number of nitrogens with zero attached hydrogens (tertiary/aromatic N) is 6. The van der Waals surface area contributed by atoms with E-state index in [0.29, 0.717) is 17.4 Å². The first kappa shape index (κ1) is 32.9. The van der Waals surface area contributed by atoms with Crippen LogP contribution in [0.1, 0.15) is 56.0 Å². The van der Waals surface area contributed by atoms with Gasteiger partial charge in [-0.1, -0.05) is 124 Å². The second kappa shape index (κ2) is 13.7. The predicted octanol–water partition coefficient (Wildman–Crippen LogP) is 8.84. The third-order valence-electron chi connectivity index (χ3n) is 10.0. The first-order valence-electron chi connectivity index (χ1n) is 17.3. The maximum Gasteiger partial charge on any atom is 0.321 e. The van der Waals surface area contributed by atoms with Crippen molar-refractivity contribution in [3.8, 4) is 22.5 Å². The van der Waals surface area contributed by atoms with Crippen molar-refractivity contribution < 1.29 is 4.79 Å². The summed E-state index contributed by atoms with van der Waals surface area (Å²) < 4.78 is 0. The number of anilines is 1. The molecule has 1 fully saturated rings. The molecule has 6 aromatic rings. The Labute approximate surface area is 294 Å². The van der Waals surface area contributed by atoms with Crippen molar-refractivity contribution >= 4 is 11.7 Å². The van der Waals surface area contributed by atoms with E-state index in [-0.39, 0.29) is 11.4 Å². The normalized spacial score (nSPS) is 14.0. The molecule has 7 rings (SSSR count). The van der Waals surface area contributed by atoms with E-state index in [4.69, 9.17) is 15.4 Å². The number of likely N-dealkylation sites (tertiary alicyclic amines) is 1. The minimum absolute atomic E-state index is 0.0964. The van der Waals surface area contributed by atoms with Crippen molar-refractivity contribution in [3.05, 3.63) is 150 Å². The summed E-state index contributed by atoms with van der Waals surface area (Å²) in [7, 11) is 0. The number of pyridine rings is 1. The van der Waals surface area contributed by atoms with Crippen molar-refractivity contribution in [2.75, 3.05) is 18.4 Å². The average Bonchev–Trinajstić information content (AvgIpc) is 3.64. The Bertz CT molecular complexity index is 1950. The Morgan fingerprint density at radius 3 is 1.84 bits per heavy atom. The minimum Gasteiger partial charge on any atom is -0.325 e. The molecule has 0 radical (unpaired) electrons. The molecule has 1 N–H and O–H groups in total. The summed E-state index contributed by atoms with van der Waals surface area (Å²) in [4.78, 5) is 21.7. The second-order valence-electron chi connectivity index (χ2n) is 14.2. The lowest BCUT2D eigenvalue weighted by Gasteiger charge is -2.38. The van der Waals surface area contributed by atoms with Gasteiger partial charge in [-0.2, -0.15) is 0 Å². The van der Waals surface area contributed by atoms with Gasteiger partial charge >= 0.3 is 6.03 Å². The van der Waals surface area contributed by atoms with E-state index < -0.39 is 5.54 Å². The molecule has 0 saturated carbocycles. The van der Waals surface area contributed by atoms with Crippen LogP contribution in [0.2, 0.25) is 0 Å². The molecule has 3 heterocycles. The summed E-state index contributed by atoms with van der Waals surface area (Å²) in [5, 5.41) is 17.9. The number of amides is 2. The molecule has 4 aromatic carbocycles. The molecule has 1 aliphatic heterocycles. The van der Waals surface area contributed by atoms with Crippen LogP contribution in [0.3, 0.4) is 0 Å². The Balaban J connectivity index is 1.32. The predicted molar refractivity (Wildman–Crippen MR) is 199 cm³/mol. The third-order valence-corrected chi connectivity index (χ3v) is 10.0. The number of rotatable bonds is 7. The molecular formula is C42H43N7O. The smallest absolute Gasteiger partial charge is 0.321 e. The van der Waals surface area contributed by atoms with Crippen LogP contribution in [0.25, 0.3) is 22.5 Å². The molecule has 0 aliphatic carbocycles. The zero-order valence-corrected chi connectivity index (χ0v) is 29.1. The molecule has 0 unspecified atom stereocenters. The minimum atomic E-state index is -0.911. The summed E-state index contributed by atoms with van der Waals surface area (Å²) in [5.74, 6) is 1.04. The van der Waals surface area contributed by atoms with E-state index >= 15 is 0 Å². The molecule has 0 atom stereocenters. The Morgan fingerprint density at radius 1 is 0.740 bits per heavy atom. The van der Waals surface area contributed by atoms with Crippen molar-refractivity contribution in [2.24, 2.45) is 11.3 Å². The van der Waals surface area contributed by atoms with Crippen LogP contribution < -0.4 is 5.32 Å². The highest BCUT2D eigenvalue weighted by molar-refractivity contribution is 5.92. The molecule has 1 aliphatic rings. The molecule has 1 saturated heterocycles. The number of urea groups is 1. The summed E-state index contributed by atoms with van der Waals surface area (Å²) in [6.45, 7) is 10.3. The number of carbonyl (C=O) groups is 1. The van der Waals surface area contributed by atoms with Crippen LogP contribution in [-0.2, 0) is 5.54 Å². The van der Waals surface area contributed by atoms with E-state index in [0.717, 1.165) is 65.0 Å². The molecule has 2 amide bonds. The van der Waals surface area contributed by atoms with Crippen LogP contribution in [0.5, 0.6) is 0 Å². The van der Waals surface area contributed by atoms with E-state index in [2.05, 4.69) is 67.5 Å². The monoisotopic (exact) mass is 661 g/mol. The Kier molecular flexibility index (Phi) is 9.02. The van der Waals surface area contributed by atoms with Gasteiger partial charge in [0, 0.05) is 41.8 Å². The van der Waals surface area contributed by atoms with Crippen LogP contribution in [-0.4, -0.2) is 49.2 Å². The molecule has 0 spiro atoms. The summed E-state index contributed by atoms with van der Waals surface area (Å²) in [6, 6.07) is 40.7. The second-order valence-corrected chi connectivity index (χ2v) is 14.2. The number of nitrogens with one attached hydrogen (secondary N) is 1. The van der Waals surface area contributed by atoms with Crippen LogP contribution in [0.4, 0.5) is 10.5 Å². The number of benzene rings is 4. The number of hydrogen-bond acceptors (Lipinski definition) is 5. The van der Waals surface area contributed by atoms with E-state index in [1.165, 1.54) is 0 Å². The molecule has 252 valence electrons. The lowest BCUT2D eigenvalue weighted by Crippen LogP contribution is -2.43. The van der Waals surface area contributed by atoms with Gasteiger partial charge in [-0.15, -0.1) is 15.0 Å². The van der Waals surface area contributed by atoms with Gasteiger partial charge in [0.15, 0.2) is 5.54 Å². The molecule has 8 nitrogen and oxygen atoms in total. The van der Waals surface area contributed by atoms with Crippen LogP contribution in [0, 0.1) is 18.3 Å². The first-order valence-corrected chi connectivity index (χ1v) is 17.3. The SMILES string of the molecule is Cc1ccc(-c2ccc(NC(=O)N3CCC(C(C)(C)C)CC3)cc2-c2nnn(C(c3ccccc3)(c3ccccc3)c3ccccc3)n2)cn1. The molecule has 8 heteroatoms. The zero-order chi connectivity index (χ0) is 34.7. The summed E-state index contributed by atoms with van der Waals surface area (Å²) in [5.41, 5.74) is 6.49. The number of piperidine rings is 1. The average molecular weight is 662 g/mol. The zero-order valence-electron chi connectivity index (χ0n) is 29.1. The van der Waals surface area contributed by atoms with Gasteiger partial charge in [-0.25, -0.2) is 4.79 Å². The number of carbonyl (C=O) groups excluding carboxylic acids is 1. The molecule has 0 bridgehead atoms.